The summed E-state index contributed by atoms with van der Waals surface area (Å²) in [6.07, 6.45) is 4.43. The number of hydrogen-bond donors (Lipinski definition) is 1. The van der Waals surface area contributed by atoms with Crippen molar-refractivity contribution in [1.82, 2.24) is 15.2 Å². The third-order valence-electron chi connectivity index (χ3n) is 2.95. The van der Waals surface area contributed by atoms with E-state index in [1.165, 1.54) is 0 Å². The number of hydrogen-bond acceptors (Lipinski definition) is 3. The second kappa shape index (κ2) is 5.27. The molecular weight excluding hydrogens is 214 g/mol. The van der Waals surface area contributed by atoms with Crippen LogP contribution in [0.2, 0.25) is 0 Å². The van der Waals surface area contributed by atoms with Crippen molar-refractivity contribution in [2.24, 2.45) is 0 Å². The van der Waals surface area contributed by atoms with Gasteiger partial charge in [0, 0.05) is 31.5 Å². The average Bonchev–Trinajstić information content (AvgIpc) is 2.62. The summed E-state index contributed by atoms with van der Waals surface area (Å²) >= 11 is 0. The highest BCUT2D eigenvalue weighted by Gasteiger charge is 2.31. The Kier molecular flexibility index (Phi) is 3.74. The Hall–Kier alpha value is -1.42. The van der Waals surface area contributed by atoms with E-state index in [-0.39, 0.29) is 11.9 Å². The van der Waals surface area contributed by atoms with E-state index < -0.39 is 0 Å². The van der Waals surface area contributed by atoms with Crippen LogP contribution in [0, 0.1) is 0 Å². The molecule has 4 nitrogen and oxygen atoms in total. The molecule has 0 aliphatic carbocycles. The third-order valence-corrected chi connectivity index (χ3v) is 2.95. The Morgan fingerprint density at radius 3 is 2.82 bits per heavy atom. The maximum Gasteiger partial charge on any atom is 0.240 e. The molecule has 0 aromatic carbocycles. The first-order valence-electron chi connectivity index (χ1n) is 6.10. The predicted octanol–water partition coefficient (Wildman–Crippen LogP) is 1.18. The summed E-state index contributed by atoms with van der Waals surface area (Å²) in [7, 11) is 0. The number of pyridine rings is 1. The fraction of sp³-hybridized carbons (Fsp3) is 0.538. The second-order valence-corrected chi connectivity index (χ2v) is 4.78. The maximum absolute atomic E-state index is 12.1. The fourth-order valence-electron chi connectivity index (χ4n) is 2.16. The highest BCUT2D eigenvalue weighted by molar-refractivity contribution is 5.84. The standard InChI is InChI=1S/C13H19N3O/c1-10(2)15-12-5-8-16(13(12)17)9-11-3-6-14-7-4-11/h3-4,6-7,10,12,15H,5,8-9H2,1-2H3. The van der Waals surface area contributed by atoms with Gasteiger partial charge in [-0.25, -0.2) is 0 Å². The maximum atomic E-state index is 12.1. The number of rotatable bonds is 4. The second-order valence-electron chi connectivity index (χ2n) is 4.78. The van der Waals surface area contributed by atoms with Crippen LogP contribution in [0.1, 0.15) is 25.8 Å². The molecule has 0 saturated carbocycles. The van der Waals surface area contributed by atoms with Crippen molar-refractivity contribution in [3.63, 3.8) is 0 Å². The van der Waals surface area contributed by atoms with Gasteiger partial charge in [0.2, 0.25) is 5.91 Å². The van der Waals surface area contributed by atoms with Crippen LogP contribution < -0.4 is 5.32 Å². The molecule has 1 N–H and O–H groups in total. The van der Waals surface area contributed by atoms with Gasteiger partial charge in [0.15, 0.2) is 0 Å². The van der Waals surface area contributed by atoms with Crippen molar-refractivity contribution in [2.45, 2.75) is 38.9 Å². The number of nitrogens with one attached hydrogen (secondary N) is 1. The van der Waals surface area contributed by atoms with E-state index in [2.05, 4.69) is 24.1 Å². The summed E-state index contributed by atoms with van der Waals surface area (Å²) in [6, 6.07) is 4.26. The van der Waals surface area contributed by atoms with Gasteiger partial charge in [-0.15, -0.1) is 0 Å². The number of nitrogens with zero attached hydrogens (tertiary/aromatic N) is 2. The molecule has 0 bridgehead atoms. The molecule has 2 heterocycles. The zero-order chi connectivity index (χ0) is 12.3. The minimum atomic E-state index is -0.00293. The Balaban J connectivity index is 1.94. The Labute approximate surface area is 102 Å². The van der Waals surface area contributed by atoms with Crippen LogP contribution >= 0.6 is 0 Å². The van der Waals surface area contributed by atoms with Crippen LogP contribution in [-0.2, 0) is 11.3 Å². The summed E-state index contributed by atoms with van der Waals surface area (Å²) in [4.78, 5) is 18.0. The van der Waals surface area contributed by atoms with Crippen LogP contribution in [0.5, 0.6) is 0 Å². The van der Waals surface area contributed by atoms with Gasteiger partial charge in [-0.3, -0.25) is 9.78 Å². The van der Waals surface area contributed by atoms with E-state index >= 15 is 0 Å². The molecule has 4 heteroatoms. The lowest BCUT2D eigenvalue weighted by Gasteiger charge is -2.18. The van der Waals surface area contributed by atoms with Gasteiger partial charge in [0.1, 0.15) is 0 Å². The molecule has 1 saturated heterocycles. The highest BCUT2D eigenvalue weighted by Crippen LogP contribution is 2.15. The van der Waals surface area contributed by atoms with Crippen molar-refractivity contribution >= 4 is 5.91 Å². The van der Waals surface area contributed by atoms with Crippen molar-refractivity contribution in [2.75, 3.05) is 6.54 Å². The molecule has 1 unspecified atom stereocenters. The monoisotopic (exact) mass is 233 g/mol. The first-order valence-corrected chi connectivity index (χ1v) is 6.10. The number of carbonyl (C=O) groups is 1. The van der Waals surface area contributed by atoms with Crippen LogP contribution in [0.3, 0.4) is 0 Å². The van der Waals surface area contributed by atoms with E-state index in [0.717, 1.165) is 18.5 Å². The summed E-state index contributed by atoms with van der Waals surface area (Å²) < 4.78 is 0. The van der Waals surface area contributed by atoms with E-state index in [9.17, 15) is 4.79 Å². The number of amides is 1. The fourth-order valence-corrected chi connectivity index (χ4v) is 2.16. The van der Waals surface area contributed by atoms with Crippen molar-refractivity contribution in [3.05, 3.63) is 30.1 Å². The number of carbonyl (C=O) groups excluding carboxylic acids is 1. The van der Waals surface area contributed by atoms with Crippen LogP contribution in [-0.4, -0.2) is 34.4 Å². The average molecular weight is 233 g/mol. The first kappa shape index (κ1) is 12.0. The molecule has 1 aliphatic rings. The van der Waals surface area contributed by atoms with Gasteiger partial charge in [-0.1, -0.05) is 13.8 Å². The Bertz CT molecular complexity index is 378. The lowest BCUT2D eigenvalue weighted by molar-refractivity contribution is -0.130. The molecular formula is C13H19N3O. The topological polar surface area (TPSA) is 45.2 Å². The van der Waals surface area contributed by atoms with E-state index in [1.54, 1.807) is 12.4 Å². The van der Waals surface area contributed by atoms with Crippen LogP contribution in [0.15, 0.2) is 24.5 Å². The molecule has 1 aromatic heterocycles. The molecule has 0 spiro atoms. The largest absolute Gasteiger partial charge is 0.337 e. The molecule has 1 aliphatic heterocycles. The van der Waals surface area contributed by atoms with E-state index in [4.69, 9.17) is 0 Å². The number of likely N-dealkylation sites (tertiary alicyclic amines) is 1. The van der Waals surface area contributed by atoms with Gasteiger partial charge >= 0.3 is 0 Å². The SMILES string of the molecule is CC(C)NC1CCN(Cc2ccncc2)C1=O. The van der Waals surface area contributed by atoms with Gasteiger partial charge in [-0.2, -0.15) is 0 Å². The molecule has 92 valence electrons. The lowest BCUT2D eigenvalue weighted by atomic mass is 10.2. The molecule has 1 aromatic rings. The molecule has 0 radical (unpaired) electrons. The van der Waals surface area contributed by atoms with E-state index in [0.29, 0.717) is 12.6 Å². The van der Waals surface area contributed by atoms with Crippen molar-refractivity contribution in [3.8, 4) is 0 Å². The molecule has 1 atom stereocenters. The highest BCUT2D eigenvalue weighted by atomic mass is 16.2. The van der Waals surface area contributed by atoms with Crippen molar-refractivity contribution < 1.29 is 4.79 Å². The molecule has 1 amide bonds. The zero-order valence-corrected chi connectivity index (χ0v) is 10.4. The molecule has 2 rings (SSSR count). The smallest absolute Gasteiger partial charge is 0.240 e. The first-order chi connectivity index (χ1) is 8.16. The number of aromatic nitrogens is 1. The summed E-state index contributed by atoms with van der Waals surface area (Å²) in [6.45, 7) is 5.67. The Morgan fingerprint density at radius 2 is 2.18 bits per heavy atom. The summed E-state index contributed by atoms with van der Waals surface area (Å²) in [5, 5.41) is 3.30. The lowest BCUT2D eigenvalue weighted by Crippen LogP contribution is -2.41. The van der Waals surface area contributed by atoms with Crippen molar-refractivity contribution in [1.29, 1.82) is 0 Å². The zero-order valence-electron chi connectivity index (χ0n) is 10.4. The quantitative estimate of drug-likeness (QED) is 0.849. The minimum absolute atomic E-state index is 0.00293. The molecule has 17 heavy (non-hydrogen) atoms. The van der Waals surface area contributed by atoms with Gasteiger partial charge in [0.25, 0.3) is 0 Å². The molecule has 1 fully saturated rings. The normalized spacial score (nSPS) is 20.3. The van der Waals surface area contributed by atoms with Gasteiger partial charge in [0.05, 0.1) is 6.04 Å². The summed E-state index contributed by atoms with van der Waals surface area (Å²) in [5.41, 5.74) is 1.14. The summed E-state index contributed by atoms with van der Waals surface area (Å²) in [5.74, 6) is 0.218. The predicted molar refractivity (Wildman–Crippen MR) is 66.3 cm³/mol. The van der Waals surface area contributed by atoms with Gasteiger partial charge < -0.3 is 10.2 Å². The minimum Gasteiger partial charge on any atom is -0.337 e. The Morgan fingerprint density at radius 1 is 1.47 bits per heavy atom. The van der Waals surface area contributed by atoms with Gasteiger partial charge in [-0.05, 0) is 24.1 Å². The third kappa shape index (κ3) is 3.03. The van der Waals surface area contributed by atoms with Crippen LogP contribution in [0.4, 0.5) is 0 Å². The van der Waals surface area contributed by atoms with Crippen LogP contribution in [0.25, 0.3) is 0 Å². The van der Waals surface area contributed by atoms with E-state index in [1.807, 2.05) is 17.0 Å².